The number of hydrogen-bond acceptors (Lipinski definition) is 5. The third kappa shape index (κ3) is 8.24. The predicted octanol–water partition coefficient (Wildman–Crippen LogP) is 5.48. The highest BCUT2D eigenvalue weighted by molar-refractivity contribution is 6.74. The average molecular weight is 415 g/mol. The van der Waals surface area contributed by atoms with Gasteiger partial charge in [-0.1, -0.05) is 40.0 Å². The van der Waals surface area contributed by atoms with Crippen LogP contribution < -0.4 is 0 Å². The van der Waals surface area contributed by atoms with Crippen molar-refractivity contribution in [2.45, 2.75) is 103 Å². The van der Waals surface area contributed by atoms with Crippen molar-refractivity contribution >= 4 is 20.3 Å². The largest absolute Gasteiger partial charge is 0.469 e. The molecule has 0 saturated heterocycles. The molecule has 1 fully saturated rings. The van der Waals surface area contributed by atoms with Gasteiger partial charge in [0, 0.05) is 25.9 Å². The van der Waals surface area contributed by atoms with Crippen LogP contribution in [0.3, 0.4) is 0 Å². The summed E-state index contributed by atoms with van der Waals surface area (Å²) in [6.45, 7) is 13.7. The Morgan fingerprint density at radius 3 is 2.25 bits per heavy atom. The summed E-state index contributed by atoms with van der Waals surface area (Å²) in [5.41, 5.74) is 0. The summed E-state index contributed by atoms with van der Waals surface area (Å²) in [7, 11) is -0.337. The molecule has 0 radical (unpaired) electrons. The molecule has 5 nitrogen and oxygen atoms in total. The van der Waals surface area contributed by atoms with Gasteiger partial charge in [-0.05, 0) is 49.7 Å². The normalized spacial score (nSPS) is 22.9. The van der Waals surface area contributed by atoms with Gasteiger partial charge < -0.3 is 13.9 Å². The molecule has 1 unspecified atom stereocenters. The Morgan fingerprint density at radius 2 is 1.68 bits per heavy atom. The van der Waals surface area contributed by atoms with Gasteiger partial charge in [0.15, 0.2) is 8.32 Å². The van der Waals surface area contributed by atoms with Gasteiger partial charge in [0.25, 0.3) is 0 Å². The van der Waals surface area contributed by atoms with Crippen molar-refractivity contribution in [1.29, 1.82) is 0 Å². The van der Waals surface area contributed by atoms with E-state index < -0.39 is 8.32 Å². The molecule has 1 aliphatic rings. The molecule has 1 rings (SSSR count). The smallest absolute Gasteiger partial charge is 0.305 e. The monoisotopic (exact) mass is 414 g/mol. The number of unbranched alkanes of at least 4 members (excludes halogenated alkanes) is 3. The highest BCUT2D eigenvalue weighted by atomic mass is 28.4. The fraction of sp³-hybridized carbons (Fsp3) is 0.909. The topological polar surface area (TPSA) is 61.8 Å². The summed E-state index contributed by atoms with van der Waals surface area (Å²) in [6.07, 6.45) is 7.70. The SMILES string of the molecule is COC(=O)CCCCCCC1[C@@H](CO[Si](C)(C)C(C)(C)C)CC[C@@H]1OC(C)=O. The van der Waals surface area contributed by atoms with E-state index in [9.17, 15) is 9.59 Å². The summed E-state index contributed by atoms with van der Waals surface area (Å²) in [5.74, 6) is 0.537. The van der Waals surface area contributed by atoms with Gasteiger partial charge in [0.2, 0.25) is 0 Å². The fourth-order valence-corrected chi connectivity index (χ4v) is 4.80. The van der Waals surface area contributed by atoms with Crippen molar-refractivity contribution in [3.63, 3.8) is 0 Å². The molecule has 0 aliphatic heterocycles. The van der Waals surface area contributed by atoms with Crippen molar-refractivity contribution in [3.05, 3.63) is 0 Å². The molecular weight excluding hydrogens is 372 g/mol. The first-order chi connectivity index (χ1) is 13.0. The quantitative estimate of drug-likeness (QED) is 0.254. The van der Waals surface area contributed by atoms with E-state index in [4.69, 9.17) is 9.16 Å². The Bertz CT molecular complexity index is 498. The molecule has 0 aromatic carbocycles. The maximum atomic E-state index is 11.5. The minimum Gasteiger partial charge on any atom is -0.469 e. The van der Waals surface area contributed by atoms with Gasteiger partial charge in [-0.3, -0.25) is 9.59 Å². The molecule has 3 atom stereocenters. The molecule has 0 bridgehead atoms. The van der Waals surface area contributed by atoms with Crippen LogP contribution in [-0.4, -0.2) is 40.1 Å². The Morgan fingerprint density at radius 1 is 1.04 bits per heavy atom. The molecular formula is C22H42O5Si. The van der Waals surface area contributed by atoms with Crippen LogP contribution >= 0.6 is 0 Å². The lowest BCUT2D eigenvalue weighted by Crippen LogP contribution is -2.42. The second kappa shape index (κ2) is 11.3. The third-order valence-electron chi connectivity index (χ3n) is 6.58. The first-order valence-electron chi connectivity index (χ1n) is 10.9. The number of esters is 2. The fourth-order valence-electron chi connectivity index (χ4n) is 3.73. The molecule has 1 aliphatic carbocycles. The Hall–Kier alpha value is -0.883. The highest BCUT2D eigenvalue weighted by Gasteiger charge is 2.41. The van der Waals surface area contributed by atoms with E-state index in [-0.39, 0.29) is 23.1 Å². The van der Waals surface area contributed by atoms with E-state index in [1.807, 2.05) is 0 Å². The average Bonchev–Trinajstić information content (AvgIpc) is 2.96. The summed E-state index contributed by atoms with van der Waals surface area (Å²) in [4.78, 5) is 22.7. The maximum absolute atomic E-state index is 11.5. The van der Waals surface area contributed by atoms with Crippen LogP contribution in [0.15, 0.2) is 0 Å². The second-order valence-corrected chi connectivity index (χ2v) is 14.6. The zero-order valence-electron chi connectivity index (χ0n) is 19.1. The van der Waals surface area contributed by atoms with Crippen molar-refractivity contribution in [2.75, 3.05) is 13.7 Å². The van der Waals surface area contributed by atoms with Crippen molar-refractivity contribution in [1.82, 2.24) is 0 Å². The molecule has 0 aromatic rings. The first kappa shape index (κ1) is 25.2. The Balaban J connectivity index is 2.53. The molecule has 0 spiro atoms. The number of methoxy groups -OCH3 is 1. The van der Waals surface area contributed by atoms with Gasteiger partial charge in [-0.25, -0.2) is 0 Å². The number of ether oxygens (including phenoxy) is 2. The number of rotatable bonds is 11. The van der Waals surface area contributed by atoms with E-state index in [1.54, 1.807) is 0 Å². The summed E-state index contributed by atoms with van der Waals surface area (Å²) in [5, 5.41) is 0.204. The van der Waals surface area contributed by atoms with E-state index >= 15 is 0 Å². The number of hydrogen-bond donors (Lipinski definition) is 0. The van der Waals surface area contributed by atoms with Crippen LogP contribution in [0.1, 0.15) is 79.1 Å². The maximum Gasteiger partial charge on any atom is 0.305 e. The summed E-state index contributed by atoms with van der Waals surface area (Å²) < 4.78 is 16.8. The van der Waals surface area contributed by atoms with Crippen LogP contribution in [0.4, 0.5) is 0 Å². The van der Waals surface area contributed by atoms with E-state index in [0.717, 1.165) is 51.6 Å². The zero-order valence-corrected chi connectivity index (χ0v) is 20.1. The van der Waals surface area contributed by atoms with Crippen LogP contribution in [0.25, 0.3) is 0 Å². The van der Waals surface area contributed by atoms with Crippen molar-refractivity contribution in [2.24, 2.45) is 11.8 Å². The van der Waals surface area contributed by atoms with Crippen LogP contribution in [0, 0.1) is 11.8 Å². The standard InChI is InChI=1S/C22H42O5Si/c1-17(23)27-20-15-14-18(16-26-28(6,7)22(2,3)4)19(20)12-10-8-9-11-13-21(24)25-5/h18-20H,8-16H2,1-7H3/t18-,19?,20+/m1/s1. The highest BCUT2D eigenvalue weighted by Crippen LogP contribution is 2.41. The molecule has 1 saturated carbocycles. The van der Waals surface area contributed by atoms with Crippen molar-refractivity contribution in [3.8, 4) is 0 Å². The van der Waals surface area contributed by atoms with Gasteiger partial charge in [0.1, 0.15) is 6.10 Å². The van der Waals surface area contributed by atoms with E-state index in [0.29, 0.717) is 18.3 Å². The number of carbonyl (C=O) groups excluding carboxylic acids is 2. The van der Waals surface area contributed by atoms with Gasteiger partial charge in [0.05, 0.1) is 7.11 Å². The predicted molar refractivity (Wildman–Crippen MR) is 115 cm³/mol. The third-order valence-corrected chi connectivity index (χ3v) is 11.1. The lowest BCUT2D eigenvalue weighted by atomic mass is 9.89. The Labute approximate surface area is 173 Å². The molecule has 28 heavy (non-hydrogen) atoms. The minimum atomic E-state index is -1.77. The number of carbonyl (C=O) groups is 2. The second-order valence-electron chi connectivity index (χ2n) is 9.75. The molecule has 0 heterocycles. The van der Waals surface area contributed by atoms with Crippen LogP contribution in [0.5, 0.6) is 0 Å². The van der Waals surface area contributed by atoms with E-state index in [1.165, 1.54) is 14.0 Å². The first-order valence-corrected chi connectivity index (χ1v) is 13.8. The van der Waals surface area contributed by atoms with Crippen LogP contribution in [0.2, 0.25) is 18.1 Å². The Kier molecular flexibility index (Phi) is 10.2. The zero-order chi connectivity index (χ0) is 21.4. The summed E-state index contributed by atoms with van der Waals surface area (Å²) in [6, 6.07) is 0. The molecule has 164 valence electrons. The van der Waals surface area contributed by atoms with Crippen LogP contribution in [-0.2, 0) is 23.5 Å². The molecule has 0 aromatic heterocycles. The lowest BCUT2D eigenvalue weighted by Gasteiger charge is -2.37. The summed E-state index contributed by atoms with van der Waals surface area (Å²) >= 11 is 0. The van der Waals surface area contributed by atoms with E-state index in [2.05, 4.69) is 38.6 Å². The van der Waals surface area contributed by atoms with Gasteiger partial charge in [-0.2, -0.15) is 0 Å². The minimum absolute atomic E-state index is 0.0283. The van der Waals surface area contributed by atoms with Gasteiger partial charge >= 0.3 is 11.9 Å². The molecule has 0 N–H and O–H groups in total. The molecule has 6 heteroatoms. The van der Waals surface area contributed by atoms with Crippen molar-refractivity contribution < 1.29 is 23.5 Å². The van der Waals surface area contributed by atoms with Gasteiger partial charge in [-0.15, -0.1) is 0 Å². The lowest BCUT2D eigenvalue weighted by molar-refractivity contribution is -0.148. The molecule has 0 amide bonds.